The van der Waals surface area contributed by atoms with Gasteiger partial charge in [0.15, 0.2) is 0 Å². The lowest BCUT2D eigenvalue weighted by molar-refractivity contribution is -0.137. The summed E-state index contributed by atoms with van der Waals surface area (Å²) < 4.78 is 61.5. The fraction of sp³-hybridized carbons (Fsp3) is 0.500. The number of aromatic nitrogens is 3. The number of alkyl halides is 4. The fourth-order valence-corrected chi connectivity index (χ4v) is 5.47. The summed E-state index contributed by atoms with van der Waals surface area (Å²) in [5.41, 5.74) is 4.29. The minimum absolute atomic E-state index is 0.0517. The van der Waals surface area contributed by atoms with Gasteiger partial charge < -0.3 is 15.4 Å². The Bertz CT molecular complexity index is 1350. The number of pyridine rings is 1. The molecule has 2 fully saturated rings. The molecule has 1 unspecified atom stereocenters. The van der Waals surface area contributed by atoms with Crippen molar-refractivity contribution < 1.29 is 22.3 Å². The van der Waals surface area contributed by atoms with Crippen molar-refractivity contribution in [3.05, 3.63) is 34.9 Å². The van der Waals surface area contributed by atoms with Crippen molar-refractivity contribution in [3.8, 4) is 17.3 Å². The Hall–Kier alpha value is -2.92. The molecule has 2 atom stereocenters. The van der Waals surface area contributed by atoms with E-state index in [-0.39, 0.29) is 34.7 Å². The Morgan fingerprint density at radius 3 is 2.53 bits per heavy atom. The predicted octanol–water partition coefficient (Wildman–Crippen LogP) is 5.75. The summed E-state index contributed by atoms with van der Waals surface area (Å²) in [6.45, 7) is 3.92. The van der Waals surface area contributed by atoms with Crippen molar-refractivity contribution in [3.63, 3.8) is 0 Å². The third-order valence-corrected chi connectivity index (χ3v) is 7.76. The number of rotatable bonds is 5. The molecule has 2 aliphatic rings. The van der Waals surface area contributed by atoms with E-state index in [9.17, 15) is 17.6 Å². The average molecular weight is 553 g/mol. The van der Waals surface area contributed by atoms with Crippen LogP contribution in [0.25, 0.3) is 22.2 Å². The zero-order valence-electron chi connectivity index (χ0n) is 21.2. The van der Waals surface area contributed by atoms with E-state index in [0.29, 0.717) is 29.7 Å². The first-order chi connectivity index (χ1) is 17.9. The number of ether oxygens (including phenoxy) is 1. The number of hydrogen-bond acceptors (Lipinski definition) is 7. The second kappa shape index (κ2) is 10.00. The fourth-order valence-electron chi connectivity index (χ4n) is 5.22. The van der Waals surface area contributed by atoms with Crippen LogP contribution < -0.4 is 15.4 Å². The maximum atomic E-state index is 14.1. The van der Waals surface area contributed by atoms with Crippen LogP contribution in [0.3, 0.4) is 0 Å². The first-order valence-corrected chi connectivity index (χ1v) is 12.9. The van der Waals surface area contributed by atoms with Crippen LogP contribution in [0.4, 0.5) is 29.2 Å². The molecule has 0 saturated carbocycles. The van der Waals surface area contributed by atoms with Gasteiger partial charge in [0.2, 0.25) is 0 Å². The molecule has 12 heteroatoms. The molecule has 0 aliphatic carbocycles. The lowest BCUT2D eigenvalue weighted by Crippen LogP contribution is -2.43. The van der Waals surface area contributed by atoms with E-state index in [1.165, 1.54) is 6.07 Å². The van der Waals surface area contributed by atoms with Gasteiger partial charge in [-0.15, -0.1) is 0 Å². The van der Waals surface area contributed by atoms with E-state index in [4.69, 9.17) is 22.1 Å². The Morgan fingerprint density at radius 2 is 1.87 bits per heavy atom. The zero-order chi connectivity index (χ0) is 27.2. The number of anilines is 2. The number of halogens is 5. The molecule has 4 heterocycles. The van der Waals surface area contributed by atoms with Gasteiger partial charge in [-0.25, -0.2) is 9.37 Å². The largest absolute Gasteiger partial charge is 0.461 e. The van der Waals surface area contributed by atoms with E-state index in [0.717, 1.165) is 44.5 Å². The van der Waals surface area contributed by atoms with Crippen molar-refractivity contribution in [1.29, 1.82) is 0 Å². The number of fused-ring (bicyclic) bond motifs is 1. The van der Waals surface area contributed by atoms with Crippen molar-refractivity contribution in [1.82, 2.24) is 19.9 Å². The van der Waals surface area contributed by atoms with Crippen molar-refractivity contribution in [2.24, 2.45) is 0 Å². The maximum absolute atomic E-state index is 14.1. The molecular formula is C26H29ClF4N6O. The Kier molecular flexibility index (Phi) is 7.02. The normalized spacial score (nSPS) is 22.8. The molecule has 0 bridgehead atoms. The number of hydrogen-bond donors (Lipinski definition) is 1. The standard InChI is InChI=1S/C26H29ClF4N6O/c1-25(12-15(28)13-36(25)2)14-38-24-33-20-11-16(22-18(26(29,30)31)6-7-21(32)34-22)19(27)10-17(20)23(35-24)37-8-4-3-5-9-37/h6-7,10-11,15H,3-5,8-9,12-14H2,1-2H3,(H2,32,34)/t15-,25?/m1/s1. The van der Waals surface area contributed by atoms with E-state index in [2.05, 4.69) is 19.9 Å². The van der Waals surface area contributed by atoms with Crippen molar-refractivity contribution >= 4 is 34.1 Å². The Balaban J connectivity index is 1.62. The highest BCUT2D eigenvalue weighted by atomic mass is 35.5. The molecule has 2 aromatic heterocycles. The van der Waals surface area contributed by atoms with Gasteiger partial charge in [0.05, 0.1) is 27.3 Å². The number of nitrogens with zero attached hydrogens (tertiary/aromatic N) is 5. The summed E-state index contributed by atoms with van der Waals surface area (Å²) >= 11 is 6.56. The summed E-state index contributed by atoms with van der Waals surface area (Å²) in [6, 6.07) is 5.11. The molecule has 0 amide bonds. The number of likely N-dealkylation sites (tertiary alicyclic amines) is 1. The SMILES string of the molecule is CN1C[C@H](F)CC1(C)COc1nc(N2CCCCC2)c2cc(Cl)c(-c3nc(N)ccc3C(F)(F)F)cc2n1. The minimum Gasteiger partial charge on any atom is -0.461 e. The number of benzene rings is 1. The molecule has 7 nitrogen and oxygen atoms in total. The average Bonchev–Trinajstić information content (AvgIpc) is 3.12. The molecule has 1 aromatic carbocycles. The number of likely N-dealkylation sites (N-methyl/N-ethyl adjacent to an activating group) is 1. The lowest BCUT2D eigenvalue weighted by Gasteiger charge is -2.31. The van der Waals surface area contributed by atoms with Crippen LogP contribution in [0, 0.1) is 0 Å². The van der Waals surface area contributed by atoms with Gasteiger partial charge >= 0.3 is 12.2 Å². The molecule has 0 radical (unpaired) electrons. The predicted molar refractivity (Wildman–Crippen MR) is 139 cm³/mol. The summed E-state index contributed by atoms with van der Waals surface area (Å²) in [4.78, 5) is 17.2. The van der Waals surface area contributed by atoms with Gasteiger partial charge in [-0.2, -0.15) is 23.1 Å². The van der Waals surface area contributed by atoms with Crippen LogP contribution in [-0.2, 0) is 6.18 Å². The highest BCUT2D eigenvalue weighted by Crippen LogP contribution is 2.41. The van der Waals surface area contributed by atoms with Gasteiger partial charge in [0, 0.05) is 37.0 Å². The molecule has 2 N–H and O–H groups in total. The Morgan fingerprint density at radius 1 is 1.13 bits per heavy atom. The summed E-state index contributed by atoms with van der Waals surface area (Å²) in [5, 5.41) is 0.671. The van der Waals surface area contributed by atoms with Crippen LogP contribution in [0.1, 0.15) is 38.2 Å². The lowest BCUT2D eigenvalue weighted by atomic mass is 10.0. The molecule has 5 rings (SSSR count). The Labute approximate surface area is 223 Å². The van der Waals surface area contributed by atoms with E-state index >= 15 is 0 Å². The molecular weight excluding hydrogens is 524 g/mol. The smallest absolute Gasteiger partial charge is 0.418 e. The van der Waals surface area contributed by atoms with Crippen LogP contribution in [0.5, 0.6) is 6.01 Å². The third-order valence-electron chi connectivity index (χ3n) is 7.44. The molecule has 204 valence electrons. The van der Waals surface area contributed by atoms with Crippen LogP contribution >= 0.6 is 11.6 Å². The summed E-state index contributed by atoms with van der Waals surface area (Å²) in [7, 11) is 1.84. The molecule has 38 heavy (non-hydrogen) atoms. The zero-order valence-corrected chi connectivity index (χ0v) is 21.9. The second-order valence-corrected chi connectivity index (χ2v) is 10.7. The van der Waals surface area contributed by atoms with Crippen LogP contribution in [0.15, 0.2) is 24.3 Å². The van der Waals surface area contributed by atoms with Crippen molar-refractivity contribution in [2.75, 3.05) is 43.9 Å². The molecule has 3 aromatic rings. The van der Waals surface area contributed by atoms with Crippen LogP contribution in [0.2, 0.25) is 5.02 Å². The van der Waals surface area contributed by atoms with Gasteiger partial charge in [-0.05, 0) is 57.5 Å². The number of nitrogens with two attached hydrogens (primary N) is 1. The number of nitrogen functional groups attached to an aromatic ring is 1. The maximum Gasteiger partial charge on any atom is 0.418 e. The minimum atomic E-state index is -4.66. The number of piperidine rings is 1. The van der Waals surface area contributed by atoms with E-state index in [1.54, 1.807) is 6.07 Å². The highest BCUT2D eigenvalue weighted by Gasteiger charge is 2.41. The van der Waals surface area contributed by atoms with Gasteiger partial charge in [-0.1, -0.05) is 11.6 Å². The van der Waals surface area contributed by atoms with Crippen molar-refractivity contribution in [2.45, 2.75) is 50.5 Å². The molecule has 0 spiro atoms. The third kappa shape index (κ3) is 5.18. The van der Waals surface area contributed by atoms with E-state index < -0.39 is 23.5 Å². The summed E-state index contributed by atoms with van der Waals surface area (Å²) in [5.74, 6) is 0.535. The topological polar surface area (TPSA) is 80.4 Å². The highest BCUT2D eigenvalue weighted by molar-refractivity contribution is 6.34. The first kappa shape index (κ1) is 26.7. The summed E-state index contributed by atoms with van der Waals surface area (Å²) in [6.07, 6.45) is -2.23. The molecule has 2 saturated heterocycles. The van der Waals surface area contributed by atoms with Gasteiger partial charge in [0.25, 0.3) is 0 Å². The van der Waals surface area contributed by atoms with Gasteiger partial charge in [-0.3, -0.25) is 4.90 Å². The molecule has 2 aliphatic heterocycles. The quantitative estimate of drug-likeness (QED) is 0.404. The monoisotopic (exact) mass is 552 g/mol. The van der Waals surface area contributed by atoms with Gasteiger partial charge in [0.1, 0.15) is 24.4 Å². The first-order valence-electron chi connectivity index (χ1n) is 12.5. The van der Waals surface area contributed by atoms with E-state index in [1.807, 2.05) is 18.9 Å². The van der Waals surface area contributed by atoms with Crippen LogP contribution in [-0.4, -0.2) is 64.9 Å². The second-order valence-electron chi connectivity index (χ2n) is 10.3.